The number of halogens is 2. The van der Waals surface area contributed by atoms with Crippen LogP contribution in [-0.2, 0) is 21.8 Å². The zero-order valence-corrected chi connectivity index (χ0v) is 23.4. The maximum absolute atomic E-state index is 14.3. The average molecular weight is 567 g/mol. The van der Waals surface area contributed by atoms with Gasteiger partial charge in [0.2, 0.25) is 11.6 Å². The minimum atomic E-state index is -1.09. The summed E-state index contributed by atoms with van der Waals surface area (Å²) in [6, 6.07) is 13.4. The molecule has 4 atom stereocenters. The lowest BCUT2D eigenvalue weighted by molar-refractivity contribution is -0.134. The molecule has 8 nitrogen and oxygen atoms in total. The standard InChI is InChI=1S/C30H32ClFN4O4/c1-5-8-23-26(31)27(39-34-23)25(17(2)3)29(38)36-16-20(37)15-24(36)28-33-30(4,40-35-28)19-13-11-18(12-14-19)21-9-6-7-10-22(21)32/h5-7,9-14,17,20,24-25,37H,1,8,15-16H2,2-4H3,(H,33,35)/t20-,24+,25-,30?/m1/s1. The van der Waals surface area contributed by atoms with Gasteiger partial charge in [-0.25, -0.2) is 19.7 Å². The van der Waals surface area contributed by atoms with Gasteiger partial charge in [-0.3, -0.25) is 4.79 Å². The van der Waals surface area contributed by atoms with Crippen LogP contribution < -0.4 is 5.48 Å². The molecule has 40 heavy (non-hydrogen) atoms. The summed E-state index contributed by atoms with van der Waals surface area (Å²) in [6.07, 6.45) is 1.64. The number of aliphatic hydroxyl groups excluding tert-OH is 1. The second-order valence-corrected chi connectivity index (χ2v) is 11.0. The van der Waals surface area contributed by atoms with Gasteiger partial charge in [0.1, 0.15) is 28.3 Å². The first-order chi connectivity index (χ1) is 19.1. The number of hydrogen-bond donors (Lipinski definition) is 2. The van der Waals surface area contributed by atoms with Crippen LogP contribution >= 0.6 is 11.6 Å². The molecule has 1 aromatic heterocycles. The Morgan fingerprint density at radius 2 is 2.02 bits per heavy atom. The zero-order valence-electron chi connectivity index (χ0n) is 22.6. The molecule has 3 aromatic rings. The van der Waals surface area contributed by atoms with E-state index in [4.69, 9.17) is 26.0 Å². The Morgan fingerprint density at radius 1 is 1.30 bits per heavy atom. The number of rotatable bonds is 8. The van der Waals surface area contributed by atoms with Crippen LogP contribution in [0.2, 0.25) is 5.02 Å². The predicted molar refractivity (Wildman–Crippen MR) is 150 cm³/mol. The lowest BCUT2D eigenvalue weighted by Crippen LogP contribution is -2.46. The first-order valence-electron chi connectivity index (χ1n) is 13.3. The summed E-state index contributed by atoms with van der Waals surface area (Å²) in [5, 5.41) is 14.9. The summed E-state index contributed by atoms with van der Waals surface area (Å²) in [5.74, 6) is -0.659. The number of hydroxylamine groups is 1. The summed E-state index contributed by atoms with van der Waals surface area (Å²) in [6.45, 7) is 9.46. The van der Waals surface area contributed by atoms with Crippen LogP contribution in [0.1, 0.15) is 50.1 Å². The molecule has 3 heterocycles. The molecule has 0 aliphatic carbocycles. The minimum absolute atomic E-state index is 0.132. The van der Waals surface area contributed by atoms with E-state index in [9.17, 15) is 14.3 Å². The number of β-amino-alcohol motifs (C(OH)–C–C–N with tert-alkyl or cyclic N) is 1. The topological polar surface area (TPSA) is 100 Å². The van der Waals surface area contributed by atoms with Crippen molar-refractivity contribution < 1.29 is 23.7 Å². The lowest BCUT2D eigenvalue weighted by Gasteiger charge is -2.29. The van der Waals surface area contributed by atoms with Crippen LogP contribution in [0, 0.1) is 11.7 Å². The van der Waals surface area contributed by atoms with E-state index in [0.717, 1.165) is 11.1 Å². The SMILES string of the molecule is C=CCc1noc([C@H](C(=O)N2C[C@H](O)C[C@H]2C2=NC(C)(c3ccc(-c4ccccc4F)cc3)ON2)C(C)C)c1Cl. The summed E-state index contributed by atoms with van der Waals surface area (Å²) in [7, 11) is 0. The molecule has 2 aromatic carbocycles. The number of nitrogens with zero attached hydrogens (tertiary/aromatic N) is 3. The van der Waals surface area contributed by atoms with Gasteiger partial charge in [-0.2, -0.15) is 0 Å². The van der Waals surface area contributed by atoms with E-state index in [-0.39, 0.29) is 24.2 Å². The molecule has 2 aliphatic heterocycles. The molecule has 2 aliphatic rings. The number of nitrogens with one attached hydrogen (secondary N) is 1. The quantitative estimate of drug-likeness (QED) is 0.356. The molecule has 5 rings (SSSR count). The van der Waals surface area contributed by atoms with Crippen molar-refractivity contribution in [2.75, 3.05) is 6.54 Å². The van der Waals surface area contributed by atoms with Crippen molar-refractivity contribution in [1.29, 1.82) is 0 Å². The Morgan fingerprint density at radius 3 is 2.70 bits per heavy atom. The van der Waals surface area contributed by atoms with Gasteiger partial charge in [0.25, 0.3) is 0 Å². The fourth-order valence-corrected chi connectivity index (χ4v) is 5.59. The van der Waals surface area contributed by atoms with E-state index in [1.807, 2.05) is 38.1 Å². The summed E-state index contributed by atoms with van der Waals surface area (Å²) >= 11 is 6.55. The van der Waals surface area contributed by atoms with Crippen molar-refractivity contribution in [2.24, 2.45) is 10.9 Å². The van der Waals surface area contributed by atoms with Gasteiger partial charge in [0, 0.05) is 30.5 Å². The average Bonchev–Trinajstić information content (AvgIpc) is 3.62. The molecule has 1 saturated heterocycles. The van der Waals surface area contributed by atoms with E-state index in [1.165, 1.54) is 6.07 Å². The van der Waals surface area contributed by atoms with Crippen molar-refractivity contribution >= 4 is 23.3 Å². The van der Waals surface area contributed by atoms with Gasteiger partial charge in [0.05, 0.1) is 12.1 Å². The maximum Gasteiger partial charge on any atom is 0.234 e. The van der Waals surface area contributed by atoms with Crippen LogP contribution in [0.4, 0.5) is 4.39 Å². The molecular formula is C30H32ClFN4O4. The van der Waals surface area contributed by atoms with Gasteiger partial charge in [-0.15, -0.1) is 6.58 Å². The third kappa shape index (κ3) is 5.16. The monoisotopic (exact) mass is 566 g/mol. The number of aliphatic hydroxyl groups is 1. The number of benzene rings is 2. The van der Waals surface area contributed by atoms with E-state index in [2.05, 4.69) is 17.2 Å². The number of amidine groups is 1. The van der Waals surface area contributed by atoms with Gasteiger partial charge in [-0.05, 0) is 24.5 Å². The number of amides is 1. The largest absolute Gasteiger partial charge is 0.391 e. The highest BCUT2D eigenvalue weighted by Crippen LogP contribution is 2.38. The van der Waals surface area contributed by atoms with Crippen molar-refractivity contribution in [3.63, 3.8) is 0 Å². The number of aromatic nitrogens is 1. The van der Waals surface area contributed by atoms with Gasteiger partial charge >= 0.3 is 0 Å². The molecule has 0 bridgehead atoms. The molecule has 1 fully saturated rings. The first-order valence-corrected chi connectivity index (χ1v) is 13.6. The maximum atomic E-state index is 14.3. The number of aliphatic imine (C=N–C) groups is 1. The molecule has 10 heteroatoms. The summed E-state index contributed by atoms with van der Waals surface area (Å²) in [4.78, 5) is 26.3. The molecule has 0 spiro atoms. The highest BCUT2D eigenvalue weighted by molar-refractivity contribution is 6.32. The second kappa shape index (κ2) is 11.2. The fourth-order valence-electron chi connectivity index (χ4n) is 5.33. The van der Waals surface area contributed by atoms with Crippen LogP contribution in [0.5, 0.6) is 0 Å². The van der Waals surface area contributed by atoms with E-state index in [1.54, 1.807) is 36.1 Å². The number of carbonyl (C=O) groups is 1. The summed E-state index contributed by atoms with van der Waals surface area (Å²) < 4.78 is 19.8. The Hall–Kier alpha value is -3.53. The molecular weight excluding hydrogens is 535 g/mol. The van der Waals surface area contributed by atoms with Crippen LogP contribution in [0.15, 0.2) is 70.7 Å². The van der Waals surface area contributed by atoms with Crippen molar-refractivity contribution in [3.8, 4) is 11.1 Å². The van der Waals surface area contributed by atoms with E-state index in [0.29, 0.717) is 40.7 Å². The molecule has 0 saturated carbocycles. The van der Waals surface area contributed by atoms with Crippen molar-refractivity contribution in [2.45, 2.75) is 57.4 Å². The fraction of sp³-hybridized carbons (Fsp3) is 0.367. The molecule has 1 unspecified atom stereocenters. The Kier molecular flexibility index (Phi) is 7.81. The van der Waals surface area contributed by atoms with E-state index < -0.39 is 23.8 Å². The lowest BCUT2D eigenvalue weighted by atomic mass is 9.91. The number of likely N-dealkylation sites (tertiary alicyclic amines) is 1. The van der Waals surface area contributed by atoms with Gasteiger partial charge in [0.15, 0.2) is 5.76 Å². The third-order valence-corrected chi connectivity index (χ3v) is 7.85. The van der Waals surface area contributed by atoms with Crippen molar-refractivity contribution in [1.82, 2.24) is 15.5 Å². The van der Waals surface area contributed by atoms with Crippen LogP contribution in [0.3, 0.4) is 0 Å². The summed E-state index contributed by atoms with van der Waals surface area (Å²) in [5.41, 5.74) is 4.32. The van der Waals surface area contributed by atoms with Crippen molar-refractivity contribution in [3.05, 3.63) is 89.0 Å². The number of carbonyl (C=O) groups excluding carboxylic acids is 1. The van der Waals surface area contributed by atoms with Crippen LogP contribution in [0.25, 0.3) is 11.1 Å². The van der Waals surface area contributed by atoms with E-state index >= 15 is 0 Å². The Balaban J connectivity index is 1.40. The molecule has 0 radical (unpaired) electrons. The molecule has 210 valence electrons. The van der Waals surface area contributed by atoms with Gasteiger partial charge < -0.3 is 14.5 Å². The number of hydrogen-bond acceptors (Lipinski definition) is 7. The second-order valence-electron chi connectivity index (χ2n) is 10.7. The smallest absolute Gasteiger partial charge is 0.234 e. The molecule has 1 amide bonds. The number of allylic oxidation sites excluding steroid dienone is 1. The Labute approximate surface area is 237 Å². The minimum Gasteiger partial charge on any atom is -0.391 e. The predicted octanol–water partition coefficient (Wildman–Crippen LogP) is 5.37. The highest BCUT2D eigenvalue weighted by Gasteiger charge is 2.46. The zero-order chi connectivity index (χ0) is 28.6. The Bertz CT molecular complexity index is 1440. The molecule has 2 N–H and O–H groups in total. The highest BCUT2D eigenvalue weighted by atomic mass is 35.5. The normalized spacial score (nSPS) is 23.3. The van der Waals surface area contributed by atoms with Crippen LogP contribution in [-0.4, -0.2) is 45.6 Å². The third-order valence-electron chi connectivity index (χ3n) is 7.45. The van der Waals surface area contributed by atoms with Gasteiger partial charge in [-0.1, -0.05) is 79.1 Å². The first kappa shape index (κ1) is 28.0.